The highest BCUT2D eigenvalue weighted by molar-refractivity contribution is 6.35. The van der Waals surface area contributed by atoms with Crippen LogP contribution in [0.2, 0.25) is 0 Å². The molecule has 0 N–H and O–H groups in total. The van der Waals surface area contributed by atoms with Crippen molar-refractivity contribution in [3.63, 3.8) is 0 Å². The summed E-state index contributed by atoms with van der Waals surface area (Å²) < 4.78 is 0. The van der Waals surface area contributed by atoms with E-state index in [-0.39, 0.29) is 22.7 Å². The molecular formula is C20H17N3O5. The number of nitro benzene ring substituents is 1. The van der Waals surface area contributed by atoms with Crippen molar-refractivity contribution in [2.75, 3.05) is 18.0 Å². The topological polar surface area (TPSA) is 101 Å². The Morgan fingerprint density at radius 2 is 1.61 bits per heavy atom. The average Bonchev–Trinajstić information content (AvgIpc) is 2.98. The molecule has 8 heteroatoms. The summed E-state index contributed by atoms with van der Waals surface area (Å²) in [6.45, 7) is 1.45. The predicted molar refractivity (Wildman–Crippen MR) is 100 cm³/mol. The van der Waals surface area contributed by atoms with Crippen LogP contribution in [0.1, 0.15) is 50.3 Å². The molecule has 0 unspecified atom stereocenters. The highest BCUT2D eigenvalue weighted by Crippen LogP contribution is 2.34. The Kier molecular flexibility index (Phi) is 4.38. The first-order chi connectivity index (χ1) is 13.5. The Bertz CT molecular complexity index is 993. The molecule has 0 spiro atoms. The molecule has 4 rings (SSSR count). The van der Waals surface area contributed by atoms with Crippen molar-refractivity contribution in [3.05, 3.63) is 69.3 Å². The van der Waals surface area contributed by atoms with Gasteiger partial charge >= 0.3 is 0 Å². The summed E-state index contributed by atoms with van der Waals surface area (Å²) in [6, 6.07) is 10.2. The van der Waals surface area contributed by atoms with E-state index in [9.17, 15) is 24.5 Å². The van der Waals surface area contributed by atoms with Crippen LogP contribution in [0.3, 0.4) is 0 Å². The molecule has 8 nitrogen and oxygen atoms in total. The third-order valence-corrected chi connectivity index (χ3v) is 5.11. The van der Waals surface area contributed by atoms with Crippen molar-refractivity contribution in [2.45, 2.75) is 19.3 Å². The number of hydrogen-bond acceptors (Lipinski definition) is 5. The summed E-state index contributed by atoms with van der Waals surface area (Å²) in [5.41, 5.74) is 0.165. The van der Waals surface area contributed by atoms with Gasteiger partial charge in [-0.2, -0.15) is 0 Å². The van der Waals surface area contributed by atoms with E-state index in [2.05, 4.69) is 0 Å². The second kappa shape index (κ2) is 6.88. The van der Waals surface area contributed by atoms with Gasteiger partial charge in [-0.1, -0.05) is 6.07 Å². The van der Waals surface area contributed by atoms with Crippen LogP contribution >= 0.6 is 0 Å². The highest BCUT2D eigenvalue weighted by atomic mass is 16.6. The van der Waals surface area contributed by atoms with Crippen LogP contribution in [-0.2, 0) is 0 Å². The Morgan fingerprint density at radius 3 is 2.25 bits per heavy atom. The normalized spacial score (nSPS) is 16.3. The van der Waals surface area contributed by atoms with Gasteiger partial charge in [0.2, 0.25) is 0 Å². The number of likely N-dealkylation sites (tertiary alicyclic amines) is 1. The monoisotopic (exact) mass is 379 g/mol. The number of benzene rings is 2. The van der Waals surface area contributed by atoms with Crippen molar-refractivity contribution >= 4 is 29.1 Å². The largest absolute Gasteiger partial charge is 0.339 e. The fourth-order valence-corrected chi connectivity index (χ4v) is 3.69. The highest BCUT2D eigenvalue weighted by Gasteiger charge is 2.41. The Morgan fingerprint density at radius 1 is 0.929 bits per heavy atom. The Labute approximate surface area is 160 Å². The molecule has 28 heavy (non-hydrogen) atoms. The lowest BCUT2D eigenvalue weighted by molar-refractivity contribution is -0.385. The standard InChI is InChI=1S/C20H17N3O5/c24-18(21-11-2-1-3-12-21)13-7-9-14(10-8-13)22-19(25)15-5-4-6-16(23(27)28)17(15)20(22)26/h4-10H,1-3,11-12H2. The SMILES string of the molecule is O=C(c1ccc(N2C(=O)c3cccc([N+](=O)[O-])c3C2=O)cc1)N1CCCCC1. The molecule has 3 amide bonds. The van der Waals surface area contributed by atoms with Gasteiger partial charge in [0.25, 0.3) is 23.4 Å². The van der Waals surface area contributed by atoms with Gasteiger partial charge in [0, 0.05) is 24.7 Å². The summed E-state index contributed by atoms with van der Waals surface area (Å²) in [4.78, 5) is 51.2. The summed E-state index contributed by atoms with van der Waals surface area (Å²) in [5, 5.41) is 11.2. The average molecular weight is 379 g/mol. The first-order valence-corrected chi connectivity index (χ1v) is 9.04. The summed E-state index contributed by atoms with van der Waals surface area (Å²) in [6.07, 6.45) is 3.09. The van der Waals surface area contributed by atoms with Crippen LogP contribution in [0.15, 0.2) is 42.5 Å². The number of carbonyl (C=O) groups excluding carboxylic acids is 3. The smallest absolute Gasteiger partial charge is 0.283 e. The van der Waals surface area contributed by atoms with E-state index in [0.29, 0.717) is 5.56 Å². The lowest BCUT2D eigenvalue weighted by Crippen LogP contribution is -2.35. The van der Waals surface area contributed by atoms with E-state index in [0.717, 1.165) is 37.3 Å². The number of piperidine rings is 1. The Hall–Kier alpha value is -3.55. The summed E-state index contributed by atoms with van der Waals surface area (Å²) in [5.74, 6) is -1.43. The van der Waals surface area contributed by atoms with E-state index in [1.54, 1.807) is 17.0 Å². The van der Waals surface area contributed by atoms with Gasteiger partial charge < -0.3 is 4.90 Å². The first kappa shape index (κ1) is 17.8. The molecule has 2 aliphatic heterocycles. The van der Waals surface area contributed by atoms with E-state index in [1.165, 1.54) is 30.3 Å². The summed E-state index contributed by atoms with van der Waals surface area (Å²) >= 11 is 0. The molecule has 0 saturated carbocycles. The number of carbonyl (C=O) groups is 3. The van der Waals surface area contributed by atoms with E-state index in [4.69, 9.17) is 0 Å². The molecule has 1 fully saturated rings. The van der Waals surface area contributed by atoms with Crippen molar-refractivity contribution in [3.8, 4) is 0 Å². The maximum absolute atomic E-state index is 12.7. The third kappa shape index (κ3) is 2.83. The minimum atomic E-state index is -0.734. The molecule has 0 atom stereocenters. The minimum Gasteiger partial charge on any atom is -0.339 e. The zero-order valence-electron chi connectivity index (χ0n) is 15.0. The predicted octanol–water partition coefficient (Wildman–Crippen LogP) is 3.02. The number of hydrogen-bond donors (Lipinski definition) is 0. The lowest BCUT2D eigenvalue weighted by Gasteiger charge is -2.26. The van der Waals surface area contributed by atoms with Gasteiger partial charge in [-0.25, -0.2) is 4.90 Å². The first-order valence-electron chi connectivity index (χ1n) is 9.04. The second-order valence-electron chi connectivity index (χ2n) is 6.80. The van der Waals surface area contributed by atoms with Gasteiger partial charge in [-0.15, -0.1) is 0 Å². The molecule has 2 heterocycles. The van der Waals surface area contributed by atoms with Crippen LogP contribution in [0.25, 0.3) is 0 Å². The van der Waals surface area contributed by atoms with Crippen molar-refractivity contribution in [2.24, 2.45) is 0 Å². The molecule has 0 bridgehead atoms. The van der Waals surface area contributed by atoms with Crippen LogP contribution in [0.4, 0.5) is 11.4 Å². The Balaban J connectivity index is 1.62. The number of amides is 3. The zero-order valence-corrected chi connectivity index (χ0v) is 15.0. The minimum absolute atomic E-state index is 0.00710. The number of anilines is 1. The molecule has 2 aliphatic rings. The molecule has 0 aromatic heterocycles. The molecular weight excluding hydrogens is 362 g/mol. The van der Waals surface area contributed by atoms with Crippen LogP contribution in [0, 0.1) is 10.1 Å². The number of rotatable bonds is 3. The molecule has 0 radical (unpaired) electrons. The maximum atomic E-state index is 12.7. The van der Waals surface area contributed by atoms with E-state index in [1.807, 2.05) is 0 Å². The number of fused-ring (bicyclic) bond motifs is 1. The van der Waals surface area contributed by atoms with Crippen molar-refractivity contribution in [1.29, 1.82) is 0 Å². The molecule has 2 aromatic rings. The van der Waals surface area contributed by atoms with Crippen LogP contribution in [0.5, 0.6) is 0 Å². The van der Waals surface area contributed by atoms with Gasteiger partial charge in [0.05, 0.1) is 16.2 Å². The van der Waals surface area contributed by atoms with E-state index < -0.39 is 22.4 Å². The maximum Gasteiger partial charge on any atom is 0.283 e. The number of nitrogens with zero attached hydrogens (tertiary/aromatic N) is 3. The fourth-order valence-electron chi connectivity index (χ4n) is 3.69. The molecule has 0 aliphatic carbocycles. The van der Waals surface area contributed by atoms with Crippen molar-refractivity contribution < 1.29 is 19.3 Å². The number of nitro groups is 1. The summed E-state index contributed by atoms with van der Waals surface area (Å²) in [7, 11) is 0. The van der Waals surface area contributed by atoms with E-state index >= 15 is 0 Å². The zero-order chi connectivity index (χ0) is 19.8. The second-order valence-corrected chi connectivity index (χ2v) is 6.80. The van der Waals surface area contributed by atoms with Gasteiger partial charge in [-0.05, 0) is 49.6 Å². The molecule has 2 aromatic carbocycles. The fraction of sp³-hybridized carbons (Fsp3) is 0.250. The van der Waals surface area contributed by atoms with Crippen molar-refractivity contribution in [1.82, 2.24) is 4.90 Å². The van der Waals surface area contributed by atoms with Crippen LogP contribution < -0.4 is 4.90 Å². The van der Waals surface area contributed by atoms with Gasteiger partial charge in [-0.3, -0.25) is 24.5 Å². The third-order valence-electron chi connectivity index (χ3n) is 5.11. The molecule has 142 valence electrons. The number of imide groups is 1. The van der Waals surface area contributed by atoms with Gasteiger partial charge in [0.1, 0.15) is 5.56 Å². The van der Waals surface area contributed by atoms with Crippen LogP contribution in [-0.4, -0.2) is 40.6 Å². The lowest BCUT2D eigenvalue weighted by atomic mass is 10.1. The quantitative estimate of drug-likeness (QED) is 0.463. The van der Waals surface area contributed by atoms with Gasteiger partial charge in [0.15, 0.2) is 0 Å². The molecule has 1 saturated heterocycles.